The van der Waals surface area contributed by atoms with Gasteiger partial charge in [-0.05, 0) is 70.6 Å². The first kappa shape index (κ1) is 59.5. The number of carbonyl (C=O) groups is 1. The average Bonchev–Trinajstić information content (AvgIpc) is 3.26. The van der Waals surface area contributed by atoms with E-state index >= 15 is 0 Å². The van der Waals surface area contributed by atoms with Crippen molar-refractivity contribution < 1.29 is 25.2 Å². The van der Waals surface area contributed by atoms with Crippen LogP contribution in [-0.2, 0) is 4.79 Å². The lowest BCUT2D eigenvalue weighted by molar-refractivity contribution is -0.132. The van der Waals surface area contributed by atoms with E-state index in [-0.39, 0.29) is 0 Å². The number of hydrogen-bond donors (Lipinski definition) is 5. The van der Waals surface area contributed by atoms with Crippen molar-refractivity contribution in [1.82, 2.24) is 5.32 Å². The molecule has 6 heteroatoms. The Labute approximate surface area is 379 Å². The van der Waals surface area contributed by atoms with Crippen molar-refractivity contribution in [3.8, 4) is 0 Å². The normalized spacial score (nSPS) is 14.1. The molecule has 4 atom stereocenters. The van der Waals surface area contributed by atoms with Gasteiger partial charge < -0.3 is 25.7 Å². The summed E-state index contributed by atoms with van der Waals surface area (Å²) in [5.41, 5.74) is 0. The number of rotatable bonds is 49. The molecule has 0 aromatic heterocycles. The van der Waals surface area contributed by atoms with E-state index in [1.807, 2.05) is 0 Å². The monoisotopic (exact) mass is 860 g/mol. The molecule has 360 valence electrons. The number of nitrogens with one attached hydrogen (secondary N) is 1. The van der Waals surface area contributed by atoms with Crippen LogP contribution in [0.2, 0.25) is 0 Å². The van der Waals surface area contributed by atoms with Gasteiger partial charge >= 0.3 is 0 Å². The van der Waals surface area contributed by atoms with Crippen molar-refractivity contribution in [2.24, 2.45) is 0 Å². The second-order valence-corrected chi connectivity index (χ2v) is 18.6. The third-order valence-electron chi connectivity index (χ3n) is 12.6. The van der Waals surface area contributed by atoms with Crippen molar-refractivity contribution in [3.63, 3.8) is 0 Å². The van der Waals surface area contributed by atoms with E-state index in [0.29, 0.717) is 12.8 Å². The fraction of sp³-hybridized carbons (Fsp3) is 0.873. The van der Waals surface area contributed by atoms with Gasteiger partial charge in [0.15, 0.2) is 0 Å². The van der Waals surface area contributed by atoms with Crippen molar-refractivity contribution in [2.45, 2.75) is 301 Å². The van der Waals surface area contributed by atoms with E-state index in [2.05, 4.69) is 55.6 Å². The molecule has 0 heterocycles. The molecule has 0 aliphatic heterocycles. The van der Waals surface area contributed by atoms with Crippen molar-refractivity contribution in [1.29, 1.82) is 0 Å². The molecule has 4 unspecified atom stereocenters. The molecule has 0 radical (unpaired) electrons. The Kier molecular flexibility index (Phi) is 48.3. The maximum absolute atomic E-state index is 12.5. The van der Waals surface area contributed by atoms with Gasteiger partial charge in [0.2, 0.25) is 5.91 Å². The van der Waals surface area contributed by atoms with Gasteiger partial charge in [-0.3, -0.25) is 4.79 Å². The molecule has 0 aromatic rings. The highest BCUT2D eigenvalue weighted by Crippen LogP contribution is 2.17. The van der Waals surface area contributed by atoms with Crippen LogP contribution in [0.1, 0.15) is 277 Å². The standard InChI is InChI=1S/C55H105NO5/c1-3-5-7-9-11-13-15-17-19-21-22-23-24-25-26-27-28-29-30-31-32-33-35-36-38-40-42-44-46-48-52(58)54(60)51(50-57)56-55(61)53(59)49-47-45-43-41-39-37-34-20-18-16-14-12-10-8-6-4-2/h12,14,18,20,40,42,51-54,57-60H,3-11,13,15-17,19,21-39,41,43-50H2,1-2H3,(H,56,61)/b14-12-,20-18-,42-40+. The lowest BCUT2D eigenvalue weighted by Crippen LogP contribution is -2.53. The third kappa shape index (κ3) is 43.6. The molecule has 0 saturated carbocycles. The Hall–Kier alpha value is -1.47. The number of unbranched alkanes of at least 4 members (excludes halogenated alkanes) is 34. The molecular weight excluding hydrogens is 755 g/mol. The fourth-order valence-electron chi connectivity index (χ4n) is 8.32. The Bertz CT molecular complexity index is 966. The van der Waals surface area contributed by atoms with Crippen LogP contribution in [0.25, 0.3) is 0 Å². The smallest absolute Gasteiger partial charge is 0.249 e. The molecule has 0 rings (SSSR count). The van der Waals surface area contributed by atoms with Crippen LogP contribution in [0.3, 0.4) is 0 Å². The summed E-state index contributed by atoms with van der Waals surface area (Å²) in [7, 11) is 0. The Morgan fingerprint density at radius 3 is 1.11 bits per heavy atom. The number of amides is 1. The molecule has 0 aliphatic rings. The molecule has 61 heavy (non-hydrogen) atoms. The zero-order valence-electron chi connectivity index (χ0n) is 40.7. The minimum Gasteiger partial charge on any atom is -0.394 e. The number of allylic oxidation sites excluding steroid dienone is 6. The summed E-state index contributed by atoms with van der Waals surface area (Å²) >= 11 is 0. The van der Waals surface area contributed by atoms with Gasteiger partial charge in [-0.2, -0.15) is 0 Å². The number of aliphatic hydroxyl groups excluding tert-OH is 4. The van der Waals surface area contributed by atoms with Crippen LogP contribution in [0.4, 0.5) is 0 Å². The van der Waals surface area contributed by atoms with Gasteiger partial charge in [-0.1, -0.05) is 243 Å². The molecule has 5 N–H and O–H groups in total. The molecule has 0 fully saturated rings. The van der Waals surface area contributed by atoms with Gasteiger partial charge in [0.1, 0.15) is 12.2 Å². The lowest BCUT2D eigenvalue weighted by atomic mass is 10.00. The molecule has 0 bridgehead atoms. The quantitative estimate of drug-likeness (QED) is 0.0309. The topological polar surface area (TPSA) is 110 Å². The van der Waals surface area contributed by atoms with Crippen LogP contribution in [0.5, 0.6) is 0 Å². The lowest BCUT2D eigenvalue weighted by Gasteiger charge is -2.27. The molecule has 1 amide bonds. The largest absolute Gasteiger partial charge is 0.394 e. The number of hydrogen-bond acceptors (Lipinski definition) is 5. The van der Waals surface area contributed by atoms with Crippen molar-refractivity contribution in [2.75, 3.05) is 6.61 Å². The number of aliphatic hydroxyl groups is 4. The Balaban J connectivity index is 3.65. The number of carbonyl (C=O) groups excluding carboxylic acids is 1. The highest BCUT2D eigenvalue weighted by molar-refractivity contribution is 5.80. The summed E-state index contributed by atoms with van der Waals surface area (Å²) in [6, 6.07) is -1.01. The van der Waals surface area contributed by atoms with E-state index in [0.717, 1.165) is 57.8 Å². The van der Waals surface area contributed by atoms with Crippen LogP contribution < -0.4 is 5.32 Å². The minimum absolute atomic E-state index is 0.351. The fourth-order valence-corrected chi connectivity index (χ4v) is 8.32. The first-order chi connectivity index (χ1) is 30.0. The summed E-state index contributed by atoms with van der Waals surface area (Å²) in [4.78, 5) is 12.5. The van der Waals surface area contributed by atoms with Gasteiger partial charge in [-0.25, -0.2) is 0 Å². The maximum atomic E-state index is 12.5. The van der Waals surface area contributed by atoms with E-state index in [9.17, 15) is 25.2 Å². The Morgan fingerprint density at radius 1 is 0.410 bits per heavy atom. The summed E-state index contributed by atoms with van der Waals surface area (Å²) in [5.74, 6) is -0.600. The van der Waals surface area contributed by atoms with E-state index < -0.39 is 36.9 Å². The Morgan fingerprint density at radius 2 is 0.721 bits per heavy atom. The summed E-state index contributed by atoms with van der Waals surface area (Å²) < 4.78 is 0. The second-order valence-electron chi connectivity index (χ2n) is 18.6. The third-order valence-corrected chi connectivity index (χ3v) is 12.6. The van der Waals surface area contributed by atoms with Crippen molar-refractivity contribution >= 4 is 5.91 Å². The van der Waals surface area contributed by atoms with Gasteiger partial charge in [0.05, 0.1) is 18.8 Å². The molecule has 6 nitrogen and oxygen atoms in total. The van der Waals surface area contributed by atoms with Crippen LogP contribution >= 0.6 is 0 Å². The zero-order valence-corrected chi connectivity index (χ0v) is 40.7. The molecular formula is C55H105NO5. The van der Waals surface area contributed by atoms with Crippen LogP contribution in [0.15, 0.2) is 36.5 Å². The predicted molar refractivity (Wildman–Crippen MR) is 265 cm³/mol. The summed E-state index contributed by atoms with van der Waals surface area (Å²) in [6.07, 6.45) is 60.7. The second kappa shape index (κ2) is 49.5. The maximum Gasteiger partial charge on any atom is 0.249 e. The van der Waals surface area contributed by atoms with E-state index in [4.69, 9.17) is 0 Å². The highest BCUT2D eigenvalue weighted by atomic mass is 16.3. The van der Waals surface area contributed by atoms with E-state index in [1.54, 1.807) is 0 Å². The first-order valence-corrected chi connectivity index (χ1v) is 26.9. The van der Waals surface area contributed by atoms with Crippen LogP contribution in [-0.4, -0.2) is 57.3 Å². The van der Waals surface area contributed by atoms with Gasteiger partial charge in [0, 0.05) is 0 Å². The molecule has 0 saturated heterocycles. The predicted octanol–water partition coefficient (Wildman–Crippen LogP) is 15.2. The summed E-state index contributed by atoms with van der Waals surface area (Å²) in [5, 5.41) is 43.8. The minimum atomic E-state index is -1.29. The SMILES string of the molecule is CCCCC/C=C\C/C=C\CCCCCCCCC(O)C(=O)NC(CO)C(O)C(O)CCC/C=C/CCCCCCCCCCCCCCCCCCCCCCCCCC. The first-order valence-electron chi connectivity index (χ1n) is 26.9. The molecule has 0 aliphatic carbocycles. The molecule has 0 aromatic carbocycles. The summed E-state index contributed by atoms with van der Waals surface area (Å²) in [6.45, 7) is 4.03. The van der Waals surface area contributed by atoms with Crippen molar-refractivity contribution in [3.05, 3.63) is 36.5 Å². The van der Waals surface area contributed by atoms with Crippen LogP contribution in [0, 0.1) is 0 Å². The molecule has 0 spiro atoms. The zero-order chi connectivity index (χ0) is 44.5. The average molecular weight is 860 g/mol. The van der Waals surface area contributed by atoms with E-state index in [1.165, 1.54) is 193 Å². The highest BCUT2D eigenvalue weighted by Gasteiger charge is 2.28. The van der Waals surface area contributed by atoms with Gasteiger partial charge in [0.25, 0.3) is 0 Å². The van der Waals surface area contributed by atoms with Gasteiger partial charge in [-0.15, -0.1) is 0 Å².